The van der Waals surface area contributed by atoms with Gasteiger partial charge in [-0.2, -0.15) is 0 Å². The minimum Gasteiger partial charge on any atom is -0.446 e. The number of aromatic nitrogens is 3. The molecule has 1 saturated carbocycles. The molecule has 262 valence electrons. The van der Waals surface area contributed by atoms with Crippen molar-refractivity contribution in [3.8, 4) is 0 Å². The Bertz CT molecular complexity index is 1710. The van der Waals surface area contributed by atoms with Crippen molar-refractivity contribution in [1.82, 2.24) is 29.7 Å². The van der Waals surface area contributed by atoms with Crippen molar-refractivity contribution in [3.63, 3.8) is 0 Å². The standard InChI is InChI=1S/C39H44BrClN6O3/c40-30-20-29-14-13-28-21-31(41)15-16-34(28)37(36(29)43-22-30)45-18-19-47(39(49)50-33-11-5-2-6-12-33)35(25-45)38(48)46(24-27-8-3-1-4-9-27)17-7-10-32-23-42-26-44-32/h1,3-4,8-9,15-16,20-23,26,33,35,37H,2,5-7,10-14,17-19,24-25H2,(H,42,44)/t35-,37?/m1/s1. The zero-order chi connectivity index (χ0) is 34.5. The minimum atomic E-state index is -0.728. The van der Waals surface area contributed by atoms with Crippen molar-refractivity contribution in [3.05, 3.63) is 116 Å². The Labute approximate surface area is 307 Å². The summed E-state index contributed by atoms with van der Waals surface area (Å²) in [5.41, 5.74) is 6.56. The third-order valence-electron chi connectivity index (χ3n) is 10.4. The Kier molecular flexibility index (Phi) is 11.2. The summed E-state index contributed by atoms with van der Waals surface area (Å²) in [5, 5.41) is 0.706. The molecule has 3 aliphatic rings. The van der Waals surface area contributed by atoms with Crippen molar-refractivity contribution in [2.75, 3.05) is 26.2 Å². The number of rotatable bonds is 9. The number of aryl methyl sites for hydroxylation is 3. The predicted octanol–water partition coefficient (Wildman–Crippen LogP) is 7.53. The summed E-state index contributed by atoms with van der Waals surface area (Å²) in [7, 11) is 0. The van der Waals surface area contributed by atoms with Gasteiger partial charge in [0, 0.05) is 60.3 Å². The van der Waals surface area contributed by atoms with Gasteiger partial charge < -0.3 is 14.6 Å². The molecule has 11 heteroatoms. The van der Waals surface area contributed by atoms with Gasteiger partial charge in [-0.15, -0.1) is 0 Å². The van der Waals surface area contributed by atoms with E-state index >= 15 is 0 Å². The predicted molar refractivity (Wildman–Crippen MR) is 197 cm³/mol. The second-order valence-corrected chi connectivity index (χ2v) is 15.1. The Morgan fingerprint density at radius 2 is 1.82 bits per heavy atom. The van der Waals surface area contributed by atoms with Crippen LogP contribution in [0.1, 0.15) is 78.2 Å². The maximum atomic E-state index is 15.0. The molecule has 1 unspecified atom stereocenters. The molecule has 2 aromatic heterocycles. The molecular formula is C39H44BrClN6O3. The van der Waals surface area contributed by atoms with E-state index < -0.39 is 6.04 Å². The number of carbonyl (C=O) groups is 2. The highest BCUT2D eigenvalue weighted by molar-refractivity contribution is 9.10. The van der Waals surface area contributed by atoms with Crippen LogP contribution in [0.4, 0.5) is 4.79 Å². The maximum Gasteiger partial charge on any atom is 0.410 e. The number of halogens is 2. The Morgan fingerprint density at radius 1 is 1.00 bits per heavy atom. The van der Waals surface area contributed by atoms with Crippen LogP contribution in [0.5, 0.6) is 0 Å². The average Bonchev–Trinajstić information content (AvgIpc) is 3.60. The first-order chi connectivity index (χ1) is 24.4. The quantitative estimate of drug-likeness (QED) is 0.190. The van der Waals surface area contributed by atoms with Crippen LogP contribution in [-0.4, -0.2) is 80.0 Å². The van der Waals surface area contributed by atoms with Gasteiger partial charge in [-0.1, -0.05) is 54.4 Å². The number of fused-ring (bicyclic) bond motifs is 2. The second kappa shape index (κ2) is 16.1. The monoisotopic (exact) mass is 758 g/mol. The fraction of sp³-hybridized carbons (Fsp3) is 0.436. The molecule has 3 heterocycles. The molecule has 9 nitrogen and oxygen atoms in total. The lowest BCUT2D eigenvalue weighted by atomic mass is 9.95. The summed E-state index contributed by atoms with van der Waals surface area (Å²) in [6, 6.07) is 17.4. The van der Waals surface area contributed by atoms with Crippen LogP contribution in [0.25, 0.3) is 0 Å². The number of aromatic amines is 1. The largest absolute Gasteiger partial charge is 0.446 e. The minimum absolute atomic E-state index is 0.0716. The lowest BCUT2D eigenvalue weighted by molar-refractivity contribution is -0.140. The summed E-state index contributed by atoms with van der Waals surface area (Å²) in [5.74, 6) is -0.0716. The van der Waals surface area contributed by atoms with E-state index in [-0.39, 0.29) is 24.1 Å². The van der Waals surface area contributed by atoms with E-state index in [1.165, 1.54) is 17.5 Å². The van der Waals surface area contributed by atoms with Gasteiger partial charge in [-0.25, -0.2) is 9.78 Å². The summed E-state index contributed by atoms with van der Waals surface area (Å²) in [6.07, 6.45) is 13.1. The third kappa shape index (κ3) is 8.08. The number of benzene rings is 2. The number of ether oxygens (including phenoxy) is 1. The van der Waals surface area contributed by atoms with Gasteiger partial charge in [0.2, 0.25) is 5.91 Å². The highest BCUT2D eigenvalue weighted by Crippen LogP contribution is 2.39. The van der Waals surface area contributed by atoms with Crippen LogP contribution >= 0.6 is 27.5 Å². The number of piperazine rings is 1. The van der Waals surface area contributed by atoms with Crippen molar-refractivity contribution in [1.29, 1.82) is 0 Å². The van der Waals surface area contributed by atoms with Gasteiger partial charge in [0.05, 0.1) is 18.1 Å². The molecule has 1 saturated heterocycles. The highest BCUT2D eigenvalue weighted by atomic mass is 79.9. The molecule has 4 aromatic rings. The third-order valence-corrected chi connectivity index (χ3v) is 11.0. The van der Waals surface area contributed by atoms with E-state index in [2.05, 4.69) is 49.0 Å². The van der Waals surface area contributed by atoms with Crippen molar-refractivity contribution in [2.45, 2.75) is 82.5 Å². The Balaban J connectivity index is 1.22. The highest BCUT2D eigenvalue weighted by Gasteiger charge is 2.43. The van der Waals surface area contributed by atoms with Crippen molar-refractivity contribution >= 4 is 39.5 Å². The molecule has 2 atom stereocenters. The number of amides is 2. The number of nitrogens with one attached hydrogen (secondary N) is 1. The van der Waals surface area contributed by atoms with Gasteiger partial charge in [0.1, 0.15) is 12.1 Å². The lowest BCUT2D eigenvalue weighted by Crippen LogP contribution is -2.62. The first kappa shape index (κ1) is 34.7. The Hall–Kier alpha value is -3.73. The van der Waals surface area contributed by atoms with E-state index in [9.17, 15) is 9.59 Å². The fourth-order valence-corrected chi connectivity index (χ4v) is 8.38. The second-order valence-electron chi connectivity index (χ2n) is 13.7. The van der Waals surface area contributed by atoms with E-state index in [0.717, 1.165) is 78.4 Å². The van der Waals surface area contributed by atoms with Crippen LogP contribution in [0.15, 0.2) is 77.8 Å². The fourth-order valence-electron chi connectivity index (χ4n) is 7.81. The molecule has 2 amide bonds. The normalized spacial score (nSPS) is 19.7. The number of hydrogen-bond donors (Lipinski definition) is 1. The smallest absolute Gasteiger partial charge is 0.410 e. The van der Waals surface area contributed by atoms with Crippen LogP contribution in [0, 0.1) is 0 Å². The van der Waals surface area contributed by atoms with Gasteiger partial charge >= 0.3 is 6.09 Å². The summed E-state index contributed by atoms with van der Waals surface area (Å²) >= 11 is 10.2. The first-order valence-corrected chi connectivity index (χ1v) is 19.0. The molecule has 7 rings (SSSR count). The molecule has 50 heavy (non-hydrogen) atoms. The van der Waals surface area contributed by atoms with Gasteiger partial charge in [-0.05, 0) is 108 Å². The number of H-pyrrole nitrogens is 1. The molecule has 0 bridgehead atoms. The first-order valence-electron chi connectivity index (χ1n) is 17.9. The number of carbonyl (C=O) groups excluding carboxylic acids is 2. The molecule has 0 spiro atoms. The van der Waals surface area contributed by atoms with Crippen LogP contribution < -0.4 is 0 Å². The summed E-state index contributed by atoms with van der Waals surface area (Å²) in [4.78, 5) is 47.3. The van der Waals surface area contributed by atoms with E-state index in [0.29, 0.717) is 37.7 Å². The van der Waals surface area contributed by atoms with Crippen LogP contribution in [0.3, 0.4) is 0 Å². The maximum absolute atomic E-state index is 15.0. The summed E-state index contributed by atoms with van der Waals surface area (Å²) in [6.45, 7) is 2.30. The lowest BCUT2D eigenvalue weighted by Gasteiger charge is -2.45. The summed E-state index contributed by atoms with van der Waals surface area (Å²) < 4.78 is 7.07. The van der Waals surface area contributed by atoms with Gasteiger partial charge in [-0.3, -0.25) is 19.6 Å². The molecule has 1 N–H and O–H groups in total. The number of imidazole rings is 1. The average molecular weight is 760 g/mol. The topological polar surface area (TPSA) is 94.7 Å². The van der Waals surface area contributed by atoms with Crippen LogP contribution in [-0.2, 0) is 35.3 Å². The SMILES string of the molecule is O=C([C@H]1CN(C2c3ccc(Cl)cc3CCc3cc(Br)cnc32)CCN1C(=O)OC1CCCCC1)N(CCCc1cnc[nH]1)Cc1ccccc1. The molecule has 2 aliphatic carbocycles. The molecule has 2 aromatic carbocycles. The zero-order valence-electron chi connectivity index (χ0n) is 28.3. The van der Waals surface area contributed by atoms with E-state index in [1.807, 2.05) is 53.7 Å². The number of hydrogen-bond acceptors (Lipinski definition) is 6. The molecular weight excluding hydrogens is 716 g/mol. The van der Waals surface area contributed by atoms with Crippen LogP contribution in [0.2, 0.25) is 5.02 Å². The molecule has 0 radical (unpaired) electrons. The number of pyridine rings is 1. The van der Waals surface area contributed by atoms with Gasteiger partial charge in [0.25, 0.3) is 0 Å². The van der Waals surface area contributed by atoms with Crippen molar-refractivity contribution in [2.24, 2.45) is 0 Å². The van der Waals surface area contributed by atoms with Crippen molar-refractivity contribution < 1.29 is 14.3 Å². The molecule has 2 fully saturated rings. The van der Waals surface area contributed by atoms with E-state index in [1.54, 1.807) is 11.2 Å². The Morgan fingerprint density at radius 3 is 2.62 bits per heavy atom. The van der Waals surface area contributed by atoms with Gasteiger partial charge in [0.15, 0.2) is 0 Å². The van der Waals surface area contributed by atoms with E-state index in [4.69, 9.17) is 21.3 Å². The molecule has 1 aliphatic heterocycles. The number of nitrogens with zero attached hydrogens (tertiary/aromatic N) is 5. The zero-order valence-corrected chi connectivity index (χ0v) is 30.6.